The van der Waals surface area contributed by atoms with E-state index in [-0.39, 0.29) is 17.5 Å². The number of nitrogens with one attached hydrogen (secondary N) is 1. The molecule has 1 aliphatic heterocycles. The Morgan fingerprint density at radius 3 is 2.60 bits per heavy atom. The van der Waals surface area contributed by atoms with Gasteiger partial charge in [0.1, 0.15) is 6.10 Å². The first-order valence-corrected chi connectivity index (χ1v) is 8.47. The normalized spacial score (nSPS) is 31.9. The summed E-state index contributed by atoms with van der Waals surface area (Å²) in [6.45, 7) is 8.38. The summed E-state index contributed by atoms with van der Waals surface area (Å²) in [4.78, 5) is 12.6. The maximum Gasteiger partial charge on any atom is 0.312 e. The van der Waals surface area contributed by atoms with E-state index < -0.39 is 0 Å². The Morgan fingerprint density at radius 2 is 1.95 bits per heavy atom. The Morgan fingerprint density at radius 1 is 1.20 bits per heavy atom. The van der Waals surface area contributed by atoms with Crippen molar-refractivity contribution in [3.8, 4) is 0 Å². The fraction of sp³-hybridized carbons (Fsp3) is 0.941. The molecule has 1 saturated heterocycles. The molecule has 1 saturated carbocycles. The number of carbonyl (C=O) groups is 1. The zero-order valence-electron chi connectivity index (χ0n) is 13.4. The fourth-order valence-corrected chi connectivity index (χ4v) is 3.72. The number of ether oxygens (including phenoxy) is 1. The highest BCUT2D eigenvalue weighted by atomic mass is 16.5. The lowest BCUT2D eigenvalue weighted by atomic mass is 9.75. The standard InChI is InChI=1S/C17H31NO2/c1-4-13-8-5-6-10-15(13)20-16(19)17(2,3)14-9-7-11-18-12-14/h13-15,18H,4-12H2,1-3H3. The molecule has 3 unspecified atom stereocenters. The molecule has 0 aromatic carbocycles. The molecule has 0 amide bonds. The first-order valence-electron chi connectivity index (χ1n) is 8.47. The first-order chi connectivity index (χ1) is 9.55. The van der Waals surface area contributed by atoms with Gasteiger partial charge in [0.2, 0.25) is 0 Å². The topological polar surface area (TPSA) is 38.3 Å². The Labute approximate surface area is 123 Å². The van der Waals surface area contributed by atoms with Gasteiger partial charge >= 0.3 is 5.97 Å². The molecule has 0 aromatic heterocycles. The van der Waals surface area contributed by atoms with E-state index in [0.29, 0.717) is 11.8 Å². The summed E-state index contributed by atoms with van der Waals surface area (Å²) in [5, 5.41) is 3.41. The third-order valence-electron chi connectivity index (χ3n) is 5.47. The van der Waals surface area contributed by atoms with Crippen molar-refractivity contribution in [2.24, 2.45) is 17.3 Å². The second-order valence-corrected chi connectivity index (χ2v) is 7.16. The van der Waals surface area contributed by atoms with Crippen LogP contribution in [0.25, 0.3) is 0 Å². The van der Waals surface area contributed by atoms with Gasteiger partial charge in [0, 0.05) is 0 Å². The predicted octanol–water partition coefficient (Wildman–Crippen LogP) is 3.52. The van der Waals surface area contributed by atoms with Gasteiger partial charge in [-0.25, -0.2) is 0 Å². The van der Waals surface area contributed by atoms with Crippen LogP contribution in [-0.4, -0.2) is 25.2 Å². The number of piperidine rings is 1. The van der Waals surface area contributed by atoms with Crippen LogP contribution >= 0.6 is 0 Å². The second kappa shape index (κ2) is 6.93. The van der Waals surface area contributed by atoms with Crippen molar-refractivity contribution in [1.82, 2.24) is 5.32 Å². The van der Waals surface area contributed by atoms with Crippen molar-refractivity contribution >= 4 is 5.97 Å². The molecule has 1 heterocycles. The van der Waals surface area contributed by atoms with Gasteiger partial charge in [0.15, 0.2) is 0 Å². The molecule has 3 nitrogen and oxygen atoms in total. The Bertz CT molecular complexity index is 321. The Hall–Kier alpha value is -0.570. The van der Waals surface area contributed by atoms with Crippen LogP contribution in [0.5, 0.6) is 0 Å². The van der Waals surface area contributed by atoms with E-state index in [0.717, 1.165) is 32.4 Å². The van der Waals surface area contributed by atoms with Gasteiger partial charge in [-0.15, -0.1) is 0 Å². The van der Waals surface area contributed by atoms with Gasteiger partial charge in [0.25, 0.3) is 0 Å². The minimum atomic E-state index is -0.358. The van der Waals surface area contributed by atoms with Gasteiger partial charge in [-0.1, -0.05) is 13.3 Å². The van der Waals surface area contributed by atoms with E-state index in [1.54, 1.807) is 0 Å². The summed E-state index contributed by atoms with van der Waals surface area (Å²) in [6.07, 6.45) is 8.38. The smallest absolute Gasteiger partial charge is 0.312 e. The third kappa shape index (κ3) is 3.55. The van der Waals surface area contributed by atoms with Gasteiger partial charge in [-0.3, -0.25) is 4.79 Å². The Kier molecular flexibility index (Phi) is 5.48. The zero-order valence-corrected chi connectivity index (χ0v) is 13.4. The molecule has 2 rings (SSSR count). The highest BCUT2D eigenvalue weighted by Gasteiger charge is 2.40. The lowest BCUT2D eigenvalue weighted by Crippen LogP contribution is -2.45. The zero-order chi connectivity index (χ0) is 14.6. The monoisotopic (exact) mass is 281 g/mol. The van der Waals surface area contributed by atoms with E-state index in [1.165, 1.54) is 25.7 Å². The summed E-state index contributed by atoms with van der Waals surface area (Å²) in [5.41, 5.74) is -0.358. The average molecular weight is 281 g/mol. The second-order valence-electron chi connectivity index (χ2n) is 7.16. The van der Waals surface area contributed by atoms with Gasteiger partial charge in [0.05, 0.1) is 5.41 Å². The molecular formula is C17H31NO2. The van der Waals surface area contributed by atoms with Crippen LogP contribution in [0.2, 0.25) is 0 Å². The van der Waals surface area contributed by atoms with Gasteiger partial charge < -0.3 is 10.1 Å². The largest absolute Gasteiger partial charge is 0.462 e. The molecule has 0 radical (unpaired) electrons. The number of carbonyl (C=O) groups excluding carboxylic acids is 1. The molecule has 116 valence electrons. The number of rotatable bonds is 4. The van der Waals surface area contributed by atoms with Crippen LogP contribution in [0.3, 0.4) is 0 Å². The van der Waals surface area contributed by atoms with Crippen LogP contribution in [0, 0.1) is 17.3 Å². The van der Waals surface area contributed by atoms with Crippen molar-refractivity contribution in [1.29, 1.82) is 0 Å². The molecule has 2 aliphatic rings. The van der Waals surface area contributed by atoms with E-state index >= 15 is 0 Å². The molecule has 20 heavy (non-hydrogen) atoms. The molecule has 3 heteroatoms. The summed E-state index contributed by atoms with van der Waals surface area (Å²) in [7, 11) is 0. The molecule has 1 aliphatic carbocycles. The van der Waals surface area contributed by atoms with Crippen LogP contribution in [0.1, 0.15) is 65.7 Å². The van der Waals surface area contributed by atoms with E-state index in [4.69, 9.17) is 4.74 Å². The molecule has 1 N–H and O–H groups in total. The quantitative estimate of drug-likeness (QED) is 0.801. The van der Waals surface area contributed by atoms with Crippen LogP contribution in [-0.2, 0) is 9.53 Å². The maximum atomic E-state index is 12.6. The lowest BCUT2D eigenvalue weighted by Gasteiger charge is -2.38. The van der Waals surface area contributed by atoms with E-state index in [9.17, 15) is 4.79 Å². The summed E-state index contributed by atoms with van der Waals surface area (Å²) in [6, 6.07) is 0. The van der Waals surface area contributed by atoms with Crippen molar-refractivity contribution in [2.45, 2.75) is 71.8 Å². The molecule has 0 bridgehead atoms. The lowest BCUT2D eigenvalue weighted by molar-refractivity contribution is -0.168. The number of hydrogen-bond donors (Lipinski definition) is 1. The summed E-state index contributed by atoms with van der Waals surface area (Å²) >= 11 is 0. The van der Waals surface area contributed by atoms with Crippen molar-refractivity contribution in [3.63, 3.8) is 0 Å². The summed E-state index contributed by atoms with van der Waals surface area (Å²) in [5.74, 6) is 1.01. The average Bonchev–Trinajstić information content (AvgIpc) is 2.48. The number of hydrogen-bond acceptors (Lipinski definition) is 3. The Balaban J connectivity index is 1.94. The highest BCUT2D eigenvalue weighted by Crippen LogP contribution is 2.36. The van der Waals surface area contributed by atoms with Crippen molar-refractivity contribution in [2.75, 3.05) is 13.1 Å². The van der Waals surface area contributed by atoms with Gasteiger partial charge in [-0.05, 0) is 77.3 Å². The van der Waals surface area contributed by atoms with Crippen LogP contribution in [0.15, 0.2) is 0 Å². The first kappa shape index (κ1) is 15.8. The molecule has 3 atom stereocenters. The van der Waals surface area contributed by atoms with Crippen LogP contribution < -0.4 is 5.32 Å². The molecular weight excluding hydrogens is 250 g/mol. The van der Waals surface area contributed by atoms with E-state index in [1.807, 2.05) is 0 Å². The van der Waals surface area contributed by atoms with Crippen molar-refractivity contribution in [3.05, 3.63) is 0 Å². The molecule has 0 spiro atoms. The third-order valence-corrected chi connectivity index (χ3v) is 5.47. The maximum absolute atomic E-state index is 12.6. The van der Waals surface area contributed by atoms with Crippen molar-refractivity contribution < 1.29 is 9.53 Å². The minimum Gasteiger partial charge on any atom is -0.462 e. The fourth-order valence-electron chi connectivity index (χ4n) is 3.72. The SMILES string of the molecule is CCC1CCCCC1OC(=O)C(C)(C)C1CCCNC1. The van der Waals surface area contributed by atoms with Gasteiger partial charge in [-0.2, -0.15) is 0 Å². The summed E-state index contributed by atoms with van der Waals surface area (Å²) < 4.78 is 5.95. The highest BCUT2D eigenvalue weighted by molar-refractivity contribution is 5.76. The molecule has 2 fully saturated rings. The minimum absolute atomic E-state index is 0.0246. The molecule has 0 aromatic rings. The van der Waals surface area contributed by atoms with E-state index in [2.05, 4.69) is 26.1 Å². The van der Waals surface area contributed by atoms with Crippen LogP contribution in [0.4, 0.5) is 0 Å². The number of esters is 1. The predicted molar refractivity (Wildman–Crippen MR) is 81.5 cm³/mol.